The average molecular weight is 326 g/mol. The van der Waals surface area contributed by atoms with Crippen LogP contribution in [0.15, 0.2) is 28.0 Å². The standard InChI is InChI=1S/C17H18N4OS/c1-10(19)6-15-11(2)16-17(22-15)14(7-12(8-18)21-16)20-9-13-4-3-5-23-13/h3-5,7,10H,6,9,19H2,1-2H3,(H,20,21). The second-order valence-electron chi connectivity index (χ2n) is 5.61. The number of nitriles is 1. The first kappa shape index (κ1) is 15.5. The SMILES string of the molecule is Cc1c(CC(C)N)oc2c(NCc3cccs3)cc(C#N)nc12. The zero-order valence-corrected chi connectivity index (χ0v) is 13.9. The molecule has 3 rings (SSSR count). The molecular weight excluding hydrogens is 308 g/mol. The number of nitrogens with two attached hydrogens (primary N) is 1. The molecule has 0 aromatic carbocycles. The molecule has 0 bridgehead atoms. The number of anilines is 1. The molecule has 3 aromatic heterocycles. The smallest absolute Gasteiger partial charge is 0.176 e. The van der Waals surface area contributed by atoms with E-state index in [2.05, 4.69) is 22.4 Å². The van der Waals surface area contributed by atoms with Crippen molar-refractivity contribution >= 4 is 28.1 Å². The Kier molecular flexibility index (Phi) is 4.33. The van der Waals surface area contributed by atoms with Crippen molar-refractivity contribution < 1.29 is 4.42 Å². The summed E-state index contributed by atoms with van der Waals surface area (Å²) < 4.78 is 6.00. The van der Waals surface area contributed by atoms with E-state index in [-0.39, 0.29) is 6.04 Å². The van der Waals surface area contributed by atoms with Crippen LogP contribution in [0.3, 0.4) is 0 Å². The number of rotatable bonds is 5. The van der Waals surface area contributed by atoms with Crippen LogP contribution in [0, 0.1) is 18.3 Å². The first-order valence-electron chi connectivity index (χ1n) is 7.43. The summed E-state index contributed by atoms with van der Waals surface area (Å²) in [7, 11) is 0. The largest absolute Gasteiger partial charge is 0.457 e. The van der Waals surface area contributed by atoms with Crippen molar-refractivity contribution in [1.82, 2.24) is 4.98 Å². The minimum Gasteiger partial charge on any atom is -0.457 e. The van der Waals surface area contributed by atoms with Gasteiger partial charge in [0.15, 0.2) is 5.58 Å². The quantitative estimate of drug-likeness (QED) is 0.748. The third-order valence-corrected chi connectivity index (χ3v) is 4.50. The molecule has 3 heterocycles. The molecule has 0 spiro atoms. The molecule has 1 atom stereocenters. The molecule has 0 aliphatic heterocycles. The van der Waals surface area contributed by atoms with Gasteiger partial charge in [0.25, 0.3) is 0 Å². The number of furan rings is 1. The van der Waals surface area contributed by atoms with Gasteiger partial charge in [0.1, 0.15) is 23.0 Å². The molecule has 0 aliphatic carbocycles. The zero-order valence-electron chi connectivity index (χ0n) is 13.1. The van der Waals surface area contributed by atoms with Crippen molar-refractivity contribution in [2.75, 3.05) is 5.32 Å². The second kappa shape index (κ2) is 6.41. The molecule has 0 saturated heterocycles. The van der Waals surface area contributed by atoms with Gasteiger partial charge in [-0.05, 0) is 25.3 Å². The van der Waals surface area contributed by atoms with Gasteiger partial charge in [-0.15, -0.1) is 11.3 Å². The lowest BCUT2D eigenvalue weighted by molar-refractivity contribution is 0.522. The van der Waals surface area contributed by atoms with Crippen LogP contribution in [0.4, 0.5) is 5.69 Å². The molecule has 0 saturated carbocycles. The Balaban J connectivity index is 2.02. The van der Waals surface area contributed by atoms with Gasteiger partial charge >= 0.3 is 0 Å². The number of nitrogens with zero attached hydrogens (tertiary/aromatic N) is 2. The highest BCUT2D eigenvalue weighted by atomic mass is 32.1. The fraction of sp³-hybridized carbons (Fsp3) is 0.294. The minimum absolute atomic E-state index is 0.00669. The maximum atomic E-state index is 9.23. The number of aromatic nitrogens is 1. The molecule has 0 amide bonds. The Morgan fingerprint density at radius 1 is 1.52 bits per heavy atom. The number of aryl methyl sites for hydroxylation is 1. The van der Waals surface area contributed by atoms with Crippen LogP contribution >= 0.6 is 11.3 Å². The Morgan fingerprint density at radius 2 is 2.35 bits per heavy atom. The summed E-state index contributed by atoms with van der Waals surface area (Å²) in [6.07, 6.45) is 0.647. The Labute approximate surface area is 138 Å². The van der Waals surface area contributed by atoms with Gasteiger partial charge in [0, 0.05) is 35.5 Å². The summed E-state index contributed by atoms with van der Waals surface area (Å²) in [6, 6.07) is 7.93. The van der Waals surface area contributed by atoms with E-state index >= 15 is 0 Å². The van der Waals surface area contributed by atoms with Crippen molar-refractivity contribution in [3.8, 4) is 6.07 Å². The van der Waals surface area contributed by atoms with Crippen molar-refractivity contribution in [1.29, 1.82) is 5.26 Å². The number of nitrogens with one attached hydrogen (secondary N) is 1. The van der Waals surface area contributed by atoms with Crippen LogP contribution < -0.4 is 11.1 Å². The molecule has 118 valence electrons. The van der Waals surface area contributed by atoms with Crippen LogP contribution in [-0.4, -0.2) is 11.0 Å². The molecule has 5 nitrogen and oxygen atoms in total. The predicted octanol–water partition coefficient (Wildman–Crippen LogP) is 3.57. The second-order valence-corrected chi connectivity index (χ2v) is 6.64. The van der Waals surface area contributed by atoms with Crippen LogP contribution in [-0.2, 0) is 13.0 Å². The van der Waals surface area contributed by atoms with Gasteiger partial charge in [-0.1, -0.05) is 6.07 Å². The van der Waals surface area contributed by atoms with Gasteiger partial charge < -0.3 is 15.5 Å². The van der Waals surface area contributed by atoms with E-state index < -0.39 is 0 Å². The van der Waals surface area contributed by atoms with Gasteiger partial charge in [-0.3, -0.25) is 0 Å². The molecule has 6 heteroatoms. The highest BCUT2D eigenvalue weighted by Gasteiger charge is 2.17. The lowest BCUT2D eigenvalue weighted by Gasteiger charge is -2.06. The Hall–Kier alpha value is -2.36. The maximum absolute atomic E-state index is 9.23. The number of pyridine rings is 1. The first-order valence-corrected chi connectivity index (χ1v) is 8.31. The molecule has 0 fully saturated rings. The van der Waals surface area contributed by atoms with Crippen LogP contribution in [0.5, 0.6) is 0 Å². The number of hydrogen-bond donors (Lipinski definition) is 2. The zero-order chi connectivity index (χ0) is 16.4. The maximum Gasteiger partial charge on any atom is 0.176 e. The molecule has 23 heavy (non-hydrogen) atoms. The predicted molar refractivity (Wildman–Crippen MR) is 92.5 cm³/mol. The van der Waals surface area contributed by atoms with Crippen molar-refractivity contribution in [2.24, 2.45) is 5.73 Å². The summed E-state index contributed by atoms with van der Waals surface area (Å²) in [6.45, 7) is 4.58. The van der Waals surface area contributed by atoms with E-state index in [1.807, 2.05) is 25.3 Å². The topological polar surface area (TPSA) is 87.9 Å². The van der Waals surface area contributed by atoms with Crippen LogP contribution in [0.2, 0.25) is 0 Å². The molecular formula is C17H18N4OS. The van der Waals surface area contributed by atoms with E-state index in [0.29, 0.717) is 24.2 Å². The summed E-state index contributed by atoms with van der Waals surface area (Å²) >= 11 is 1.68. The molecule has 3 aromatic rings. The lowest BCUT2D eigenvalue weighted by atomic mass is 10.1. The average Bonchev–Trinajstić information content (AvgIpc) is 3.14. The van der Waals surface area contributed by atoms with Gasteiger partial charge in [0.2, 0.25) is 0 Å². The number of fused-ring (bicyclic) bond motifs is 1. The minimum atomic E-state index is 0.00669. The third-order valence-electron chi connectivity index (χ3n) is 3.63. The van der Waals surface area contributed by atoms with E-state index in [9.17, 15) is 5.26 Å². The number of hydrogen-bond acceptors (Lipinski definition) is 6. The Bertz CT molecular complexity index is 859. The summed E-state index contributed by atoms with van der Waals surface area (Å²) in [5.74, 6) is 0.830. The monoisotopic (exact) mass is 326 g/mol. The summed E-state index contributed by atoms with van der Waals surface area (Å²) in [5.41, 5.74) is 9.42. The van der Waals surface area contributed by atoms with Crippen molar-refractivity contribution in [3.05, 3.63) is 45.5 Å². The first-order chi connectivity index (χ1) is 11.1. The fourth-order valence-corrected chi connectivity index (χ4v) is 3.14. The highest BCUT2D eigenvalue weighted by molar-refractivity contribution is 7.09. The van der Waals surface area contributed by atoms with Gasteiger partial charge in [-0.25, -0.2) is 4.98 Å². The summed E-state index contributed by atoms with van der Waals surface area (Å²) in [4.78, 5) is 5.61. The molecule has 1 unspecified atom stereocenters. The Morgan fingerprint density at radius 3 is 3.00 bits per heavy atom. The van der Waals surface area contributed by atoms with E-state index in [4.69, 9.17) is 10.2 Å². The lowest BCUT2D eigenvalue weighted by Crippen LogP contribution is -2.17. The van der Waals surface area contributed by atoms with Gasteiger partial charge in [-0.2, -0.15) is 5.26 Å². The van der Waals surface area contributed by atoms with Gasteiger partial charge in [0.05, 0.1) is 5.69 Å². The highest BCUT2D eigenvalue weighted by Crippen LogP contribution is 2.31. The van der Waals surface area contributed by atoms with E-state index in [1.54, 1.807) is 17.4 Å². The van der Waals surface area contributed by atoms with E-state index in [0.717, 1.165) is 22.5 Å². The third kappa shape index (κ3) is 3.21. The summed E-state index contributed by atoms with van der Waals surface area (Å²) in [5, 5.41) is 14.6. The fourth-order valence-electron chi connectivity index (χ4n) is 2.49. The number of thiophene rings is 1. The van der Waals surface area contributed by atoms with Crippen molar-refractivity contribution in [3.63, 3.8) is 0 Å². The molecule has 0 radical (unpaired) electrons. The molecule has 3 N–H and O–H groups in total. The van der Waals surface area contributed by atoms with Crippen LogP contribution in [0.1, 0.15) is 28.8 Å². The van der Waals surface area contributed by atoms with E-state index in [1.165, 1.54) is 4.88 Å². The molecule has 0 aliphatic rings. The normalized spacial score (nSPS) is 12.3. The van der Waals surface area contributed by atoms with Crippen LogP contribution in [0.25, 0.3) is 11.1 Å². The van der Waals surface area contributed by atoms with Crippen molar-refractivity contribution in [2.45, 2.75) is 32.9 Å².